The van der Waals surface area contributed by atoms with Crippen LogP contribution in [0.4, 0.5) is 0 Å². The lowest BCUT2D eigenvalue weighted by atomic mass is 9.91. The molecule has 0 amide bonds. The number of hydrogen-bond acceptors (Lipinski definition) is 3. The van der Waals surface area contributed by atoms with E-state index in [0.29, 0.717) is 22.6 Å². The van der Waals surface area contributed by atoms with Crippen LogP contribution in [0.5, 0.6) is 0 Å². The number of pyridine rings is 1. The zero-order valence-electron chi connectivity index (χ0n) is 52.5. The molecule has 0 fully saturated rings. The van der Waals surface area contributed by atoms with E-state index in [1.165, 1.54) is 0 Å². The maximum atomic E-state index is 12.0. The molecule has 14 aromatic carbocycles. The van der Waals surface area contributed by atoms with Gasteiger partial charge in [0.05, 0.1) is 61.3 Å². The van der Waals surface area contributed by atoms with E-state index < -0.39 is 0 Å². The first-order chi connectivity index (χ1) is 48.0. The molecule has 0 atom stereocenters. The molecule has 6 nitrogen and oxygen atoms in total. The highest BCUT2D eigenvalue weighted by molar-refractivity contribution is 6.17. The molecule has 97 heavy (non-hydrogen) atoms. The molecule has 6 heteroatoms. The van der Waals surface area contributed by atoms with Crippen molar-refractivity contribution in [2.24, 2.45) is 0 Å². The van der Waals surface area contributed by atoms with Crippen LogP contribution < -0.4 is 0 Å². The van der Waals surface area contributed by atoms with Gasteiger partial charge in [-0.15, -0.1) is 0 Å². The van der Waals surface area contributed by atoms with Gasteiger partial charge in [0.2, 0.25) is 0 Å². The van der Waals surface area contributed by atoms with Gasteiger partial charge in [-0.2, -0.15) is 10.5 Å². The van der Waals surface area contributed by atoms with E-state index >= 15 is 0 Å². The van der Waals surface area contributed by atoms with E-state index in [2.05, 4.69) is 341 Å². The molecule has 0 saturated heterocycles. The summed E-state index contributed by atoms with van der Waals surface area (Å²) < 4.78 is 7.17. The van der Waals surface area contributed by atoms with Crippen LogP contribution in [-0.4, -0.2) is 18.7 Å². The van der Waals surface area contributed by atoms with Crippen LogP contribution in [-0.2, 0) is 0 Å². The average Bonchev–Trinajstić information content (AvgIpc) is 1.54. The largest absolute Gasteiger partial charge is 0.306 e. The molecule has 0 N–H and O–H groups in total. The van der Waals surface area contributed by atoms with Gasteiger partial charge in [0.1, 0.15) is 12.1 Å². The van der Waals surface area contributed by atoms with Gasteiger partial charge < -0.3 is 9.13 Å². The Bertz CT molecular complexity index is 5930. The number of benzene rings is 14. The number of rotatable bonds is 11. The summed E-state index contributed by atoms with van der Waals surface area (Å²) in [5.74, 6) is 0.625. The summed E-state index contributed by atoms with van der Waals surface area (Å²) >= 11 is 0. The average molecular weight is 1230 g/mol. The van der Waals surface area contributed by atoms with Crippen molar-refractivity contribution in [1.82, 2.24) is 18.7 Å². The van der Waals surface area contributed by atoms with Gasteiger partial charge in [0, 0.05) is 49.0 Å². The number of nitrogens with zero attached hydrogens (tertiary/aromatic N) is 6. The van der Waals surface area contributed by atoms with Gasteiger partial charge in [0.25, 0.3) is 0 Å². The second kappa shape index (κ2) is 23.3. The molecule has 18 aromatic rings. The maximum absolute atomic E-state index is 12.0. The number of nitriles is 2. The van der Waals surface area contributed by atoms with Crippen LogP contribution in [0.25, 0.3) is 172 Å². The Morgan fingerprint density at radius 1 is 0.237 bits per heavy atom. The molecule has 0 aliphatic rings. The van der Waals surface area contributed by atoms with Crippen molar-refractivity contribution < 1.29 is 0 Å². The molecule has 4 heterocycles. The smallest absolute Gasteiger partial charge is 0.163 e. The Morgan fingerprint density at radius 2 is 0.515 bits per heavy atom. The van der Waals surface area contributed by atoms with E-state index in [9.17, 15) is 10.5 Å². The van der Waals surface area contributed by atoms with Gasteiger partial charge in [-0.1, -0.05) is 261 Å². The highest BCUT2D eigenvalue weighted by Gasteiger charge is 2.33. The second-order valence-corrected chi connectivity index (χ2v) is 24.8. The van der Waals surface area contributed by atoms with Crippen molar-refractivity contribution >= 4 is 65.4 Å². The molecule has 0 bridgehead atoms. The van der Waals surface area contributed by atoms with E-state index in [1.54, 1.807) is 6.07 Å². The molecule has 0 aliphatic carbocycles. The third-order valence-corrected chi connectivity index (χ3v) is 19.3. The van der Waals surface area contributed by atoms with Crippen molar-refractivity contribution in [3.63, 3.8) is 0 Å². The maximum Gasteiger partial charge on any atom is 0.163 e. The van der Waals surface area contributed by atoms with Crippen LogP contribution in [0.3, 0.4) is 0 Å². The van der Waals surface area contributed by atoms with Gasteiger partial charge in [-0.3, -0.25) is 4.57 Å². The van der Waals surface area contributed by atoms with E-state index in [0.717, 1.165) is 149 Å². The van der Waals surface area contributed by atoms with Crippen LogP contribution in [0.1, 0.15) is 11.1 Å². The molecular weight excluding hydrogens is 1180 g/mol. The zero-order chi connectivity index (χ0) is 64.5. The summed E-state index contributed by atoms with van der Waals surface area (Å²) in [6.07, 6.45) is 0. The van der Waals surface area contributed by atoms with Gasteiger partial charge in [-0.25, -0.2) is 4.98 Å². The predicted molar refractivity (Wildman–Crippen MR) is 400 cm³/mol. The predicted octanol–water partition coefficient (Wildman–Crippen LogP) is 23.5. The monoisotopic (exact) mass is 1230 g/mol. The van der Waals surface area contributed by atoms with Crippen molar-refractivity contribution in [3.05, 3.63) is 351 Å². The third kappa shape index (κ3) is 9.43. The first-order valence-corrected chi connectivity index (χ1v) is 32.7. The summed E-state index contributed by atoms with van der Waals surface area (Å²) in [6.45, 7) is 0. The highest BCUT2D eigenvalue weighted by atomic mass is 15.1. The molecule has 0 radical (unpaired) electrons. The SMILES string of the molecule is N#Cc1cccc(-c2c(-n3c4ccc(-c5ccccc5)cc4c4cc(-c5ccccc5)ccc43)c(-c3ccccc3)nc(-n3c4ccc(-c5ccccc5)cc4c4cc(-c5ccccc5)ccc43)c2-n2c3ccc(-c4ccccc4)cc3c3cc(-c4ccccc4)ccc32)c1C#N. The molecule has 0 spiro atoms. The second-order valence-electron chi connectivity index (χ2n) is 24.8. The van der Waals surface area contributed by atoms with Crippen molar-refractivity contribution in [2.75, 3.05) is 0 Å². The van der Waals surface area contributed by atoms with E-state index in [4.69, 9.17) is 4.98 Å². The number of aromatic nitrogens is 4. The van der Waals surface area contributed by atoms with Crippen LogP contribution in [0.15, 0.2) is 340 Å². The fourth-order valence-corrected chi connectivity index (χ4v) is 14.8. The standard InChI is InChI=1S/C91H56N6/c92-57-72-37-22-38-73(80(72)58-93)87-89(95-81-45-39-66(59-23-8-1-9-24-59)51-74(81)75-52-67(40-46-82(75)95)60-25-10-2-11-26-60)88(65-35-20-7-21-36-65)94-91(97-85-49-43-70(63-31-16-5-17-32-63)55-78(85)79-56-71(44-50-86(79)97)64-33-18-6-19-34-64)90(87)96-83-47-41-68(61-27-12-3-13-28-61)53-76(83)77-54-69(42-48-84(77)96)62-29-14-4-15-30-62/h1-56H. The van der Waals surface area contributed by atoms with Crippen LogP contribution in [0.2, 0.25) is 0 Å². The molecule has 0 unspecified atom stereocenters. The first-order valence-electron chi connectivity index (χ1n) is 32.7. The van der Waals surface area contributed by atoms with Crippen LogP contribution >= 0.6 is 0 Å². The zero-order valence-corrected chi connectivity index (χ0v) is 52.5. The Morgan fingerprint density at radius 3 is 0.804 bits per heavy atom. The van der Waals surface area contributed by atoms with Crippen LogP contribution in [0, 0.1) is 22.7 Å². The fraction of sp³-hybridized carbons (Fsp3) is 0. The summed E-state index contributed by atoms with van der Waals surface area (Å²) in [4.78, 5) is 6.40. The molecule has 4 aromatic heterocycles. The Balaban J connectivity index is 1.09. The summed E-state index contributed by atoms with van der Waals surface area (Å²) in [5.41, 5.74) is 23.5. The first kappa shape index (κ1) is 56.4. The Hall–Kier alpha value is -13.4. The quantitative estimate of drug-likeness (QED) is 0.129. The minimum Gasteiger partial charge on any atom is -0.306 e. The van der Waals surface area contributed by atoms with Crippen molar-refractivity contribution in [3.8, 4) is 118 Å². The lowest BCUT2D eigenvalue weighted by Crippen LogP contribution is -2.14. The summed E-state index contributed by atoms with van der Waals surface area (Å²) in [7, 11) is 0. The summed E-state index contributed by atoms with van der Waals surface area (Å²) in [6, 6.07) is 126. The molecule has 0 aliphatic heterocycles. The minimum absolute atomic E-state index is 0.253. The lowest BCUT2D eigenvalue weighted by molar-refractivity contribution is 1.01. The number of fused-ring (bicyclic) bond motifs is 9. The van der Waals surface area contributed by atoms with E-state index in [1.807, 2.05) is 18.2 Å². The highest BCUT2D eigenvalue weighted by Crippen LogP contribution is 2.51. The van der Waals surface area contributed by atoms with Gasteiger partial charge in [-0.05, 0) is 146 Å². The van der Waals surface area contributed by atoms with Crippen molar-refractivity contribution in [1.29, 1.82) is 10.5 Å². The summed E-state index contributed by atoms with van der Waals surface area (Å²) in [5, 5.41) is 29.6. The molecular formula is C91H56N6. The van der Waals surface area contributed by atoms with Crippen molar-refractivity contribution in [2.45, 2.75) is 0 Å². The lowest BCUT2D eigenvalue weighted by Gasteiger charge is -2.27. The van der Waals surface area contributed by atoms with Gasteiger partial charge in [0.15, 0.2) is 5.82 Å². The Kier molecular flexibility index (Phi) is 13.6. The molecule has 18 rings (SSSR count). The number of hydrogen-bond donors (Lipinski definition) is 0. The normalized spacial score (nSPS) is 11.5. The molecule has 0 saturated carbocycles. The van der Waals surface area contributed by atoms with Gasteiger partial charge >= 0.3 is 0 Å². The molecule has 450 valence electrons. The fourth-order valence-electron chi connectivity index (χ4n) is 14.8. The minimum atomic E-state index is 0.253. The Labute approximate surface area is 560 Å². The third-order valence-electron chi connectivity index (χ3n) is 19.3. The van der Waals surface area contributed by atoms with E-state index in [-0.39, 0.29) is 11.1 Å². The topological polar surface area (TPSA) is 75.3 Å².